The van der Waals surface area contributed by atoms with Crippen LogP contribution >= 0.6 is 0 Å². The summed E-state index contributed by atoms with van der Waals surface area (Å²) in [5.41, 5.74) is 2.21. The molecular formula is C22H31N3O3S. The number of fused-ring (bicyclic) bond motifs is 1. The Hall–Kier alpha value is -1.86. The number of carbonyl (C=O) groups excluding carboxylic acids is 1. The van der Waals surface area contributed by atoms with Crippen LogP contribution in [-0.2, 0) is 10.0 Å². The molecule has 1 unspecified atom stereocenters. The van der Waals surface area contributed by atoms with Gasteiger partial charge in [0.1, 0.15) is 5.69 Å². The van der Waals surface area contributed by atoms with E-state index in [-0.39, 0.29) is 5.91 Å². The third-order valence-electron chi connectivity index (χ3n) is 6.57. The molecule has 7 heteroatoms. The lowest BCUT2D eigenvalue weighted by Gasteiger charge is -2.30. The Morgan fingerprint density at radius 3 is 2.48 bits per heavy atom. The molecule has 0 aliphatic carbocycles. The van der Waals surface area contributed by atoms with E-state index >= 15 is 0 Å². The minimum atomic E-state index is -3.51. The second-order valence-electron chi connectivity index (χ2n) is 8.92. The van der Waals surface area contributed by atoms with Crippen molar-refractivity contribution in [3.63, 3.8) is 0 Å². The number of carbonyl (C=O) groups is 1. The van der Waals surface area contributed by atoms with Crippen LogP contribution in [0.2, 0.25) is 0 Å². The lowest BCUT2D eigenvalue weighted by molar-refractivity contribution is 0.0677. The SMILES string of the molecule is Cc1c(C(=O)N2CCCC(C)C2)[nH]c2ccc(S(=O)(=O)N3CCC(C)CC3)cc12. The Labute approximate surface area is 173 Å². The van der Waals surface area contributed by atoms with E-state index in [1.54, 1.807) is 22.5 Å². The highest BCUT2D eigenvalue weighted by Gasteiger charge is 2.29. The van der Waals surface area contributed by atoms with Gasteiger partial charge in [-0.05, 0) is 68.2 Å². The summed E-state index contributed by atoms with van der Waals surface area (Å²) in [5.74, 6) is 1.10. The molecule has 2 aliphatic heterocycles. The Kier molecular flexibility index (Phi) is 5.46. The van der Waals surface area contributed by atoms with Gasteiger partial charge in [0.2, 0.25) is 10.0 Å². The maximum atomic E-state index is 13.1. The van der Waals surface area contributed by atoms with Gasteiger partial charge < -0.3 is 9.88 Å². The average molecular weight is 418 g/mol. The maximum Gasteiger partial charge on any atom is 0.270 e. The Bertz CT molecular complexity index is 1020. The van der Waals surface area contributed by atoms with Gasteiger partial charge in [-0.1, -0.05) is 13.8 Å². The minimum absolute atomic E-state index is 0.0136. The van der Waals surface area contributed by atoms with Gasteiger partial charge in [0.05, 0.1) is 4.90 Å². The highest BCUT2D eigenvalue weighted by atomic mass is 32.2. The topological polar surface area (TPSA) is 73.5 Å². The predicted octanol–water partition coefficient (Wildman–Crippen LogP) is 3.77. The lowest BCUT2D eigenvalue weighted by atomic mass is 10.00. The highest BCUT2D eigenvalue weighted by Crippen LogP contribution is 2.29. The second kappa shape index (κ2) is 7.76. The second-order valence-corrected chi connectivity index (χ2v) is 10.9. The standard InChI is InChI=1S/C22H31N3O3S/c1-15-8-11-25(12-9-15)29(27,28)18-6-7-20-19(13-18)17(3)21(23-20)22(26)24-10-4-5-16(2)14-24/h6-7,13,15-16,23H,4-5,8-12,14H2,1-3H3. The van der Waals surface area contributed by atoms with Crippen molar-refractivity contribution in [3.05, 3.63) is 29.5 Å². The molecule has 1 aromatic heterocycles. The van der Waals surface area contributed by atoms with Crippen LogP contribution in [-0.4, -0.2) is 54.7 Å². The van der Waals surface area contributed by atoms with Crippen molar-refractivity contribution in [3.8, 4) is 0 Å². The lowest BCUT2D eigenvalue weighted by Crippen LogP contribution is -2.39. The van der Waals surface area contributed by atoms with Crippen molar-refractivity contribution in [1.82, 2.24) is 14.2 Å². The van der Waals surface area contributed by atoms with Crippen molar-refractivity contribution >= 4 is 26.8 Å². The summed E-state index contributed by atoms with van der Waals surface area (Å²) in [6.07, 6.45) is 3.99. The number of piperidine rings is 2. The molecule has 1 amide bonds. The molecule has 0 spiro atoms. The van der Waals surface area contributed by atoms with E-state index in [0.29, 0.717) is 35.5 Å². The Morgan fingerprint density at radius 2 is 1.79 bits per heavy atom. The average Bonchev–Trinajstić information content (AvgIpc) is 3.04. The van der Waals surface area contributed by atoms with Crippen molar-refractivity contribution in [1.29, 1.82) is 0 Å². The molecule has 158 valence electrons. The fraction of sp³-hybridized carbons (Fsp3) is 0.591. The number of nitrogens with zero attached hydrogens (tertiary/aromatic N) is 2. The molecule has 2 saturated heterocycles. The van der Waals surface area contributed by atoms with Crippen molar-refractivity contribution in [2.45, 2.75) is 51.3 Å². The predicted molar refractivity (Wildman–Crippen MR) is 114 cm³/mol. The molecule has 2 aromatic rings. The molecule has 2 fully saturated rings. The molecule has 3 heterocycles. The highest BCUT2D eigenvalue weighted by molar-refractivity contribution is 7.89. The number of aryl methyl sites for hydroxylation is 1. The van der Waals surface area contributed by atoms with E-state index in [1.807, 2.05) is 11.8 Å². The number of sulfonamides is 1. The molecule has 1 aromatic carbocycles. The molecule has 1 atom stereocenters. The van der Waals surface area contributed by atoms with Crippen LogP contribution in [0, 0.1) is 18.8 Å². The maximum absolute atomic E-state index is 13.1. The summed E-state index contributed by atoms with van der Waals surface area (Å²) in [6, 6.07) is 5.17. The van der Waals surface area contributed by atoms with Gasteiger partial charge in [-0.2, -0.15) is 4.31 Å². The minimum Gasteiger partial charge on any atom is -0.350 e. The molecule has 0 radical (unpaired) electrons. The summed E-state index contributed by atoms with van der Waals surface area (Å²) >= 11 is 0. The first kappa shape index (κ1) is 20.4. The van der Waals surface area contributed by atoms with Crippen LogP contribution in [0.15, 0.2) is 23.1 Å². The van der Waals surface area contributed by atoms with E-state index < -0.39 is 10.0 Å². The monoisotopic (exact) mass is 417 g/mol. The smallest absolute Gasteiger partial charge is 0.270 e. The number of nitrogens with one attached hydrogen (secondary N) is 1. The molecule has 0 bridgehead atoms. The first-order valence-corrected chi connectivity index (χ1v) is 12.1. The summed E-state index contributed by atoms with van der Waals surface area (Å²) in [7, 11) is -3.51. The number of rotatable bonds is 3. The van der Waals surface area contributed by atoms with Crippen LogP contribution in [0.25, 0.3) is 10.9 Å². The number of benzene rings is 1. The fourth-order valence-electron chi connectivity index (χ4n) is 4.59. The zero-order valence-electron chi connectivity index (χ0n) is 17.6. The molecule has 4 rings (SSSR count). The Morgan fingerprint density at radius 1 is 1.07 bits per heavy atom. The number of hydrogen-bond donors (Lipinski definition) is 1. The molecule has 29 heavy (non-hydrogen) atoms. The van der Waals surface area contributed by atoms with Gasteiger partial charge in [0.15, 0.2) is 0 Å². The van der Waals surface area contributed by atoms with Gasteiger partial charge in [-0.15, -0.1) is 0 Å². The first-order valence-electron chi connectivity index (χ1n) is 10.7. The zero-order chi connectivity index (χ0) is 20.8. The van der Waals surface area contributed by atoms with E-state index in [2.05, 4.69) is 18.8 Å². The number of aromatic nitrogens is 1. The van der Waals surface area contributed by atoms with Crippen LogP contribution in [0.4, 0.5) is 0 Å². The van der Waals surface area contributed by atoms with Crippen LogP contribution in [0.3, 0.4) is 0 Å². The summed E-state index contributed by atoms with van der Waals surface area (Å²) in [6.45, 7) is 8.95. The van der Waals surface area contributed by atoms with Crippen molar-refractivity contribution in [2.24, 2.45) is 11.8 Å². The van der Waals surface area contributed by atoms with E-state index in [0.717, 1.165) is 55.2 Å². The van der Waals surface area contributed by atoms with Crippen LogP contribution in [0.1, 0.15) is 55.6 Å². The molecular weight excluding hydrogens is 386 g/mol. The Balaban J connectivity index is 1.65. The number of likely N-dealkylation sites (tertiary alicyclic amines) is 1. The third kappa shape index (κ3) is 3.82. The molecule has 6 nitrogen and oxygen atoms in total. The van der Waals surface area contributed by atoms with E-state index in [4.69, 9.17) is 0 Å². The normalized spacial score (nSPS) is 22.3. The number of hydrogen-bond acceptors (Lipinski definition) is 3. The van der Waals surface area contributed by atoms with E-state index in [1.165, 1.54) is 0 Å². The number of H-pyrrole nitrogens is 1. The number of amides is 1. The molecule has 1 N–H and O–H groups in total. The summed E-state index contributed by atoms with van der Waals surface area (Å²) < 4.78 is 27.8. The summed E-state index contributed by atoms with van der Waals surface area (Å²) in [5, 5.41) is 0.810. The van der Waals surface area contributed by atoms with Crippen LogP contribution in [0.5, 0.6) is 0 Å². The van der Waals surface area contributed by atoms with E-state index in [9.17, 15) is 13.2 Å². The first-order chi connectivity index (χ1) is 13.8. The van der Waals surface area contributed by atoms with Crippen molar-refractivity contribution < 1.29 is 13.2 Å². The largest absolute Gasteiger partial charge is 0.350 e. The zero-order valence-corrected chi connectivity index (χ0v) is 18.4. The fourth-order valence-corrected chi connectivity index (χ4v) is 6.08. The molecule has 0 saturated carbocycles. The quantitative estimate of drug-likeness (QED) is 0.826. The van der Waals surface area contributed by atoms with Gasteiger partial charge in [0.25, 0.3) is 5.91 Å². The number of aromatic amines is 1. The van der Waals surface area contributed by atoms with Crippen molar-refractivity contribution in [2.75, 3.05) is 26.2 Å². The van der Waals surface area contributed by atoms with Gasteiger partial charge in [-0.25, -0.2) is 8.42 Å². The van der Waals surface area contributed by atoms with Gasteiger partial charge in [0, 0.05) is 37.1 Å². The van der Waals surface area contributed by atoms with Gasteiger partial charge in [-0.3, -0.25) is 4.79 Å². The van der Waals surface area contributed by atoms with Crippen LogP contribution < -0.4 is 0 Å². The molecule has 2 aliphatic rings. The van der Waals surface area contributed by atoms with Gasteiger partial charge >= 0.3 is 0 Å². The summed E-state index contributed by atoms with van der Waals surface area (Å²) in [4.78, 5) is 18.5. The third-order valence-corrected chi connectivity index (χ3v) is 8.46.